The predicted molar refractivity (Wildman–Crippen MR) is 70.5 cm³/mol. The van der Waals surface area contributed by atoms with Crippen molar-refractivity contribution in [3.8, 4) is 0 Å². The molecule has 0 amide bonds. The number of para-hydroxylation sites is 1. The lowest BCUT2D eigenvalue weighted by Crippen LogP contribution is -2.46. The van der Waals surface area contributed by atoms with E-state index in [1.54, 1.807) is 11.1 Å². The van der Waals surface area contributed by atoms with Crippen molar-refractivity contribution in [1.82, 2.24) is 5.17 Å². The third-order valence-electron chi connectivity index (χ3n) is 2.82. The molecule has 17 heavy (non-hydrogen) atoms. The van der Waals surface area contributed by atoms with Crippen LogP contribution in [0.25, 0.3) is 0 Å². The van der Waals surface area contributed by atoms with E-state index < -0.39 is 5.00 Å². The lowest BCUT2D eigenvalue weighted by atomic mass is 10.3. The number of hydrogen-bond acceptors (Lipinski definition) is 3. The van der Waals surface area contributed by atoms with Crippen molar-refractivity contribution in [2.45, 2.75) is 31.2 Å². The van der Waals surface area contributed by atoms with Crippen molar-refractivity contribution in [2.24, 2.45) is 0 Å². The standard InChI is InChI=1S/C12H16Cl2N2O/c1-2-9-15(16(17)12(14)7-8-12)11-6-4-3-5-10(11)13/h3-6,17H,2,7-9H2,1H3. The molecule has 1 aliphatic rings. The molecule has 0 unspecified atom stereocenters. The van der Waals surface area contributed by atoms with Gasteiger partial charge in [0.25, 0.3) is 0 Å². The van der Waals surface area contributed by atoms with E-state index in [0.717, 1.165) is 30.1 Å². The van der Waals surface area contributed by atoms with Crippen molar-refractivity contribution in [1.29, 1.82) is 0 Å². The molecule has 0 bridgehead atoms. The summed E-state index contributed by atoms with van der Waals surface area (Å²) in [6.45, 7) is 2.72. The summed E-state index contributed by atoms with van der Waals surface area (Å²) in [5.41, 5.74) is 0.783. The number of anilines is 1. The summed E-state index contributed by atoms with van der Waals surface area (Å²) >= 11 is 12.4. The lowest BCUT2D eigenvalue weighted by molar-refractivity contribution is -0.124. The Morgan fingerprint density at radius 2 is 2.00 bits per heavy atom. The van der Waals surface area contributed by atoms with E-state index in [2.05, 4.69) is 0 Å². The molecule has 1 aliphatic carbocycles. The monoisotopic (exact) mass is 274 g/mol. The SMILES string of the molecule is CCCN(c1ccccc1Cl)N(O)C1(Cl)CC1. The summed E-state index contributed by atoms with van der Waals surface area (Å²) in [5.74, 6) is 0. The molecule has 1 aromatic rings. The molecule has 2 rings (SSSR count). The molecule has 3 nitrogen and oxygen atoms in total. The first-order chi connectivity index (χ1) is 8.08. The first kappa shape index (κ1) is 13.0. The number of rotatable bonds is 5. The van der Waals surface area contributed by atoms with Gasteiger partial charge in [0, 0.05) is 6.54 Å². The minimum atomic E-state index is -0.645. The summed E-state index contributed by atoms with van der Waals surface area (Å²) in [4.78, 5) is -0.645. The summed E-state index contributed by atoms with van der Waals surface area (Å²) in [5, 5.41) is 13.7. The van der Waals surface area contributed by atoms with Crippen molar-refractivity contribution >= 4 is 28.9 Å². The minimum Gasteiger partial charge on any atom is -0.293 e. The van der Waals surface area contributed by atoms with Gasteiger partial charge in [-0.2, -0.15) is 0 Å². The van der Waals surface area contributed by atoms with Crippen molar-refractivity contribution in [2.75, 3.05) is 11.6 Å². The molecule has 1 aromatic carbocycles. The van der Waals surface area contributed by atoms with Gasteiger partial charge in [0.05, 0.1) is 10.7 Å². The van der Waals surface area contributed by atoms with Gasteiger partial charge in [-0.1, -0.05) is 47.4 Å². The second-order valence-electron chi connectivity index (χ2n) is 4.28. The Hall–Kier alpha value is -0.480. The zero-order valence-electron chi connectivity index (χ0n) is 9.74. The number of halogens is 2. The Morgan fingerprint density at radius 3 is 2.53 bits per heavy atom. The largest absolute Gasteiger partial charge is 0.293 e. The number of alkyl halides is 1. The van der Waals surface area contributed by atoms with Gasteiger partial charge >= 0.3 is 0 Å². The molecule has 5 heteroatoms. The van der Waals surface area contributed by atoms with Crippen molar-refractivity contribution < 1.29 is 5.21 Å². The molecular formula is C12H16Cl2N2O. The second-order valence-corrected chi connectivity index (χ2v) is 5.39. The molecule has 1 N–H and O–H groups in total. The molecule has 0 aromatic heterocycles. The van der Waals surface area contributed by atoms with Crippen LogP contribution in [0.4, 0.5) is 5.69 Å². The highest BCUT2D eigenvalue weighted by Crippen LogP contribution is 2.46. The number of hydroxylamine groups is 1. The van der Waals surface area contributed by atoms with E-state index in [4.69, 9.17) is 23.2 Å². The second kappa shape index (κ2) is 5.02. The van der Waals surface area contributed by atoms with Crippen LogP contribution in [0.1, 0.15) is 26.2 Å². The maximum absolute atomic E-state index is 10.2. The van der Waals surface area contributed by atoms with Crippen LogP contribution < -0.4 is 5.01 Å². The maximum Gasteiger partial charge on any atom is 0.140 e. The zero-order valence-corrected chi connectivity index (χ0v) is 11.2. The van der Waals surface area contributed by atoms with E-state index in [9.17, 15) is 5.21 Å². The van der Waals surface area contributed by atoms with Crippen LogP contribution >= 0.6 is 23.2 Å². The molecule has 1 fully saturated rings. The summed E-state index contributed by atoms with van der Waals surface area (Å²) in [6, 6.07) is 7.45. The Bertz CT molecular complexity index is 396. The zero-order chi connectivity index (χ0) is 12.5. The fourth-order valence-electron chi connectivity index (χ4n) is 1.71. The maximum atomic E-state index is 10.2. The molecule has 0 saturated heterocycles. The van der Waals surface area contributed by atoms with E-state index in [1.165, 1.54) is 0 Å². The molecular weight excluding hydrogens is 259 g/mol. The average molecular weight is 275 g/mol. The van der Waals surface area contributed by atoms with Gasteiger partial charge in [0.2, 0.25) is 0 Å². The third kappa shape index (κ3) is 2.68. The Balaban J connectivity index is 2.25. The van der Waals surface area contributed by atoms with Crippen LogP contribution in [0, 0.1) is 0 Å². The molecule has 1 saturated carbocycles. The molecule has 94 valence electrons. The van der Waals surface area contributed by atoms with E-state index in [-0.39, 0.29) is 0 Å². The lowest BCUT2D eigenvalue weighted by Gasteiger charge is -2.35. The van der Waals surface area contributed by atoms with Gasteiger partial charge in [-0.3, -0.25) is 10.2 Å². The highest BCUT2D eigenvalue weighted by molar-refractivity contribution is 6.33. The average Bonchev–Trinajstić information content (AvgIpc) is 3.06. The van der Waals surface area contributed by atoms with Crippen LogP contribution in [0.5, 0.6) is 0 Å². The molecule has 0 radical (unpaired) electrons. The third-order valence-corrected chi connectivity index (χ3v) is 3.66. The quantitative estimate of drug-likeness (QED) is 0.501. The van der Waals surface area contributed by atoms with Crippen LogP contribution in [0.15, 0.2) is 24.3 Å². The van der Waals surface area contributed by atoms with Crippen LogP contribution in [-0.2, 0) is 0 Å². The Morgan fingerprint density at radius 1 is 1.35 bits per heavy atom. The van der Waals surface area contributed by atoms with E-state index >= 15 is 0 Å². The number of hydrogen-bond donors (Lipinski definition) is 1. The van der Waals surface area contributed by atoms with Crippen molar-refractivity contribution in [3.63, 3.8) is 0 Å². The first-order valence-electron chi connectivity index (χ1n) is 5.78. The number of benzene rings is 1. The Kier molecular flexibility index (Phi) is 3.83. The van der Waals surface area contributed by atoms with Gasteiger partial charge < -0.3 is 0 Å². The fourth-order valence-corrected chi connectivity index (χ4v) is 2.13. The van der Waals surface area contributed by atoms with Crippen molar-refractivity contribution in [3.05, 3.63) is 29.3 Å². The Labute approximate surface area is 111 Å². The van der Waals surface area contributed by atoms with E-state index in [0.29, 0.717) is 11.6 Å². The topological polar surface area (TPSA) is 26.7 Å². The van der Waals surface area contributed by atoms with Gasteiger partial charge in [-0.15, -0.1) is 0 Å². The van der Waals surface area contributed by atoms with Gasteiger partial charge in [-0.05, 0) is 31.4 Å². The number of hydrazine groups is 1. The predicted octanol–water partition coefficient (Wildman–Crippen LogP) is 3.89. The van der Waals surface area contributed by atoms with Crippen LogP contribution in [0.3, 0.4) is 0 Å². The molecule has 0 aliphatic heterocycles. The van der Waals surface area contributed by atoms with Gasteiger partial charge in [0.15, 0.2) is 0 Å². The highest BCUT2D eigenvalue weighted by Gasteiger charge is 2.49. The van der Waals surface area contributed by atoms with E-state index in [1.807, 2.05) is 25.1 Å². The molecule has 0 atom stereocenters. The van der Waals surface area contributed by atoms with Gasteiger partial charge in [-0.25, -0.2) is 0 Å². The summed E-state index contributed by atoms with van der Waals surface area (Å²) in [7, 11) is 0. The molecule has 0 spiro atoms. The normalized spacial score (nSPS) is 17.2. The molecule has 0 heterocycles. The van der Waals surface area contributed by atoms with Crippen LogP contribution in [-0.4, -0.2) is 21.9 Å². The first-order valence-corrected chi connectivity index (χ1v) is 6.54. The highest BCUT2D eigenvalue weighted by atomic mass is 35.5. The summed E-state index contributed by atoms with van der Waals surface area (Å²) < 4.78 is 0. The van der Waals surface area contributed by atoms with Gasteiger partial charge in [0.1, 0.15) is 5.00 Å². The minimum absolute atomic E-state index is 0.612. The van der Waals surface area contributed by atoms with Crippen LogP contribution in [0.2, 0.25) is 5.02 Å². The summed E-state index contributed by atoms with van der Waals surface area (Å²) in [6.07, 6.45) is 2.47. The number of nitrogens with zero attached hydrogens (tertiary/aromatic N) is 2. The fraction of sp³-hybridized carbons (Fsp3) is 0.500. The smallest absolute Gasteiger partial charge is 0.140 e.